The second-order valence-electron chi connectivity index (χ2n) is 3.80. The highest BCUT2D eigenvalue weighted by Crippen LogP contribution is 2.05. The van der Waals surface area contributed by atoms with E-state index in [9.17, 15) is 4.79 Å². The van der Waals surface area contributed by atoms with E-state index in [0.29, 0.717) is 12.2 Å². The van der Waals surface area contributed by atoms with Gasteiger partial charge in [0.15, 0.2) is 0 Å². The van der Waals surface area contributed by atoms with Gasteiger partial charge in [-0.2, -0.15) is 0 Å². The molecule has 3 heteroatoms. The largest absolute Gasteiger partial charge is 0.462 e. The molecule has 1 rings (SSSR count). The fourth-order valence-electron chi connectivity index (χ4n) is 1.02. The van der Waals surface area contributed by atoms with Gasteiger partial charge in [0.25, 0.3) is 0 Å². The molecule has 0 aromatic heterocycles. The normalized spacial score (nSPS) is 14.3. The summed E-state index contributed by atoms with van der Waals surface area (Å²) in [6.07, 6.45) is 0. The molecule has 0 aliphatic rings. The van der Waals surface area contributed by atoms with E-state index in [-0.39, 0.29) is 17.9 Å². The number of carbonyl (C=O) groups is 1. The zero-order chi connectivity index (χ0) is 11.3. The van der Waals surface area contributed by atoms with Crippen LogP contribution in [0.3, 0.4) is 0 Å². The maximum absolute atomic E-state index is 11.5. The molecule has 2 N–H and O–H groups in total. The van der Waals surface area contributed by atoms with E-state index < -0.39 is 0 Å². The van der Waals surface area contributed by atoms with E-state index in [2.05, 4.69) is 0 Å². The average Bonchev–Trinajstić information content (AvgIpc) is 2.26. The summed E-state index contributed by atoms with van der Waals surface area (Å²) in [6, 6.07) is 8.99. The van der Waals surface area contributed by atoms with Crippen molar-refractivity contribution in [3.05, 3.63) is 35.9 Å². The van der Waals surface area contributed by atoms with Crippen molar-refractivity contribution in [3.8, 4) is 0 Å². The van der Waals surface area contributed by atoms with Gasteiger partial charge in [0.05, 0.1) is 12.2 Å². The molecular formula is C12H17NO2. The van der Waals surface area contributed by atoms with Crippen molar-refractivity contribution in [1.29, 1.82) is 0 Å². The van der Waals surface area contributed by atoms with Gasteiger partial charge in [0.1, 0.15) is 0 Å². The van der Waals surface area contributed by atoms with Crippen LogP contribution in [-0.2, 0) is 4.74 Å². The molecule has 0 aliphatic carbocycles. The predicted octanol–water partition coefficient (Wildman–Crippen LogP) is 1.83. The summed E-state index contributed by atoms with van der Waals surface area (Å²) in [5.74, 6) is -0.110. The molecule has 0 fully saturated rings. The predicted molar refractivity (Wildman–Crippen MR) is 59.5 cm³/mol. The fourth-order valence-corrected chi connectivity index (χ4v) is 1.02. The summed E-state index contributed by atoms with van der Waals surface area (Å²) in [5, 5.41) is 0. The first-order valence-corrected chi connectivity index (χ1v) is 5.09. The molecule has 15 heavy (non-hydrogen) atoms. The van der Waals surface area contributed by atoms with Gasteiger partial charge >= 0.3 is 5.97 Å². The molecule has 0 bridgehead atoms. The standard InChI is InChI=1S/C12H17NO2/c1-9(10(2)13)8-15-12(14)11-6-4-3-5-7-11/h3-7,9-10H,8,13H2,1-2H3. The van der Waals surface area contributed by atoms with E-state index in [1.165, 1.54) is 0 Å². The van der Waals surface area contributed by atoms with Crippen LogP contribution < -0.4 is 5.73 Å². The minimum absolute atomic E-state index is 0.0357. The van der Waals surface area contributed by atoms with Crippen molar-refractivity contribution in [2.24, 2.45) is 11.7 Å². The number of nitrogens with two attached hydrogens (primary N) is 1. The number of hydrogen-bond donors (Lipinski definition) is 1. The third-order valence-electron chi connectivity index (χ3n) is 2.38. The minimum Gasteiger partial charge on any atom is -0.462 e. The lowest BCUT2D eigenvalue weighted by molar-refractivity contribution is 0.0437. The Labute approximate surface area is 90.2 Å². The molecule has 1 aromatic rings. The molecule has 0 amide bonds. The van der Waals surface area contributed by atoms with Crippen LogP contribution in [0.1, 0.15) is 24.2 Å². The van der Waals surface area contributed by atoms with Crippen LogP contribution in [0.5, 0.6) is 0 Å². The zero-order valence-electron chi connectivity index (χ0n) is 9.14. The second kappa shape index (κ2) is 5.51. The SMILES string of the molecule is CC(N)C(C)COC(=O)c1ccccc1. The highest BCUT2D eigenvalue weighted by molar-refractivity contribution is 5.89. The van der Waals surface area contributed by atoms with Gasteiger partial charge in [-0.05, 0) is 19.1 Å². The number of hydrogen-bond acceptors (Lipinski definition) is 3. The molecule has 3 nitrogen and oxygen atoms in total. The third-order valence-corrected chi connectivity index (χ3v) is 2.38. The number of benzene rings is 1. The zero-order valence-corrected chi connectivity index (χ0v) is 9.14. The van der Waals surface area contributed by atoms with Crippen molar-refractivity contribution in [1.82, 2.24) is 0 Å². The molecule has 0 saturated carbocycles. The summed E-state index contributed by atoms with van der Waals surface area (Å²) >= 11 is 0. The summed E-state index contributed by atoms with van der Waals surface area (Å²) in [7, 11) is 0. The monoisotopic (exact) mass is 207 g/mol. The van der Waals surface area contributed by atoms with Crippen molar-refractivity contribution < 1.29 is 9.53 Å². The quantitative estimate of drug-likeness (QED) is 0.766. The summed E-state index contributed by atoms with van der Waals surface area (Å²) in [4.78, 5) is 11.5. The van der Waals surface area contributed by atoms with Crippen LogP contribution in [0, 0.1) is 5.92 Å². The van der Waals surface area contributed by atoms with Gasteiger partial charge in [-0.25, -0.2) is 4.79 Å². The van der Waals surface area contributed by atoms with E-state index in [0.717, 1.165) is 0 Å². The maximum atomic E-state index is 11.5. The van der Waals surface area contributed by atoms with Crippen LogP contribution in [0.15, 0.2) is 30.3 Å². The van der Waals surface area contributed by atoms with Crippen molar-refractivity contribution in [3.63, 3.8) is 0 Å². The molecule has 0 radical (unpaired) electrons. The Morgan fingerprint density at radius 1 is 1.33 bits per heavy atom. The Morgan fingerprint density at radius 2 is 1.93 bits per heavy atom. The Bertz CT molecular complexity index is 309. The first-order chi connectivity index (χ1) is 7.11. The van der Waals surface area contributed by atoms with Crippen LogP contribution >= 0.6 is 0 Å². The van der Waals surface area contributed by atoms with Crippen LogP contribution in [0.25, 0.3) is 0 Å². The van der Waals surface area contributed by atoms with Gasteiger partial charge < -0.3 is 10.5 Å². The van der Waals surface area contributed by atoms with E-state index in [1.54, 1.807) is 12.1 Å². The van der Waals surface area contributed by atoms with Crippen molar-refractivity contribution >= 4 is 5.97 Å². The summed E-state index contributed by atoms with van der Waals surface area (Å²) < 4.78 is 5.13. The molecule has 82 valence electrons. The van der Waals surface area contributed by atoms with E-state index in [1.807, 2.05) is 32.0 Å². The Balaban J connectivity index is 2.44. The number of esters is 1. The van der Waals surface area contributed by atoms with E-state index >= 15 is 0 Å². The lowest BCUT2D eigenvalue weighted by Crippen LogP contribution is -2.28. The minimum atomic E-state index is -0.289. The van der Waals surface area contributed by atoms with Crippen molar-refractivity contribution in [2.45, 2.75) is 19.9 Å². The maximum Gasteiger partial charge on any atom is 0.338 e. The topological polar surface area (TPSA) is 52.3 Å². The molecule has 0 saturated heterocycles. The Kier molecular flexibility index (Phi) is 4.31. The third kappa shape index (κ3) is 3.72. The lowest BCUT2D eigenvalue weighted by Gasteiger charge is -2.15. The molecular weight excluding hydrogens is 190 g/mol. The lowest BCUT2D eigenvalue weighted by atomic mass is 10.1. The van der Waals surface area contributed by atoms with Gasteiger partial charge in [-0.15, -0.1) is 0 Å². The molecule has 0 spiro atoms. The molecule has 2 unspecified atom stereocenters. The first kappa shape index (κ1) is 11.7. The summed E-state index contributed by atoms with van der Waals surface area (Å²) in [6.45, 7) is 4.23. The second-order valence-corrected chi connectivity index (χ2v) is 3.80. The fraction of sp³-hybridized carbons (Fsp3) is 0.417. The highest BCUT2D eigenvalue weighted by atomic mass is 16.5. The smallest absolute Gasteiger partial charge is 0.338 e. The van der Waals surface area contributed by atoms with Gasteiger partial charge in [-0.1, -0.05) is 25.1 Å². The Morgan fingerprint density at radius 3 is 2.47 bits per heavy atom. The van der Waals surface area contributed by atoms with Crippen LogP contribution in [0.4, 0.5) is 0 Å². The van der Waals surface area contributed by atoms with Crippen LogP contribution in [0.2, 0.25) is 0 Å². The van der Waals surface area contributed by atoms with Crippen LogP contribution in [-0.4, -0.2) is 18.6 Å². The van der Waals surface area contributed by atoms with Crippen molar-refractivity contribution in [2.75, 3.05) is 6.61 Å². The number of ether oxygens (including phenoxy) is 1. The first-order valence-electron chi connectivity index (χ1n) is 5.09. The molecule has 0 heterocycles. The molecule has 1 aromatic carbocycles. The van der Waals surface area contributed by atoms with Gasteiger partial charge in [0.2, 0.25) is 0 Å². The average molecular weight is 207 g/mol. The summed E-state index contributed by atoms with van der Waals surface area (Å²) in [5.41, 5.74) is 6.25. The molecule has 2 atom stereocenters. The van der Waals surface area contributed by atoms with Gasteiger partial charge in [-0.3, -0.25) is 0 Å². The van der Waals surface area contributed by atoms with Gasteiger partial charge in [0, 0.05) is 12.0 Å². The number of carbonyl (C=O) groups excluding carboxylic acids is 1. The number of rotatable bonds is 4. The molecule has 0 aliphatic heterocycles. The Hall–Kier alpha value is -1.35. The van der Waals surface area contributed by atoms with E-state index in [4.69, 9.17) is 10.5 Å². The highest BCUT2D eigenvalue weighted by Gasteiger charge is 2.11.